The Kier molecular flexibility index (Phi) is 19.1. The number of thioether (sulfide) groups is 1. The highest BCUT2D eigenvalue weighted by molar-refractivity contribution is 8.00. The van der Waals surface area contributed by atoms with Crippen molar-refractivity contribution < 1.29 is 46.6 Å². The second kappa shape index (κ2) is 22.0. The van der Waals surface area contributed by atoms with Gasteiger partial charge in [0.2, 0.25) is 5.91 Å². The number of halogens is 1. The van der Waals surface area contributed by atoms with Crippen LogP contribution in [-0.4, -0.2) is 113 Å². The van der Waals surface area contributed by atoms with Crippen molar-refractivity contribution in [3.63, 3.8) is 0 Å². The molecule has 4 unspecified atom stereocenters. The first-order valence-corrected chi connectivity index (χ1v) is 17.6. The van der Waals surface area contributed by atoms with Crippen LogP contribution in [0.5, 0.6) is 0 Å². The van der Waals surface area contributed by atoms with Crippen molar-refractivity contribution in [2.75, 3.05) is 77.9 Å². The summed E-state index contributed by atoms with van der Waals surface area (Å²) in [7, 11) is -4.05. The molecule has 0 aromatic rings. The van der Waals surface area contributed by atoms with Crippen LogP contribution in [0.15, 0.2) is 0 Å². The van der Waals surface area contributed by atoms with E-state index in [0.717, 1.165) is 44.3 Å². The van der Waals surface area contributed by atoms with E-state index in [1.807, 2.05) is 11.8 Å². The van der Waals surface area contributed by atoms with E-state index in [-0.39, 0.29) is 63.2 Å². The normalized spacial score (nSPS) is 20.8. The number of nitrogens with one attached hydrogen (secondary N) is 4. The van der Waals surface area contributed by atoms with Crippen molar-refractivity contribution in [1.29, 1.82) is 0 Å². The second-order valence-electron chi connectivity index (χ2n) is 9.91. The number of ether oxygens (including phenoxy) is 4. The van der Waals surface area contributed by atoms with Gasteiger partial charge in [0.25, 0.3) is 0 Å². The van der Waals surface area contributed by atoms with Gasteiger partial charge in [-0.25, -0.2) is 9.59 Å². The lowest BCUT2D eigenvalue weighted by atomic mass is 10.0. The molecule has 0 bridgehead atoms. The zero-order valence-corrected chi connectivity index (χ0v) is 26.3. The van der Waals surface area contributed by atoms with Gasteiger partial charge in [-0.15, -0.1) is 0 Å². The van der Waals surface area contributed by atoms with E-state index in [0.29, 0.717) is 44.6 Å². The Hall–Kier alpha value is -1.64. The highest BCUT2D eigenvalue weighted by Crippen LogP contribution is 2.47. The molecule has 0 saturated carbocycles. The van der Waals surface area contributed by atoms with E-state index in [1.54, 1.807) is 6.92 Å². The average molecular weight is 643 g/mol. The molecule has 4 N–H and O–H groups in total. The molecule has 2 heterocycles. The molecular weight excluding hydrogens is 594 g/mol. The molecule has 2 aliphatic heterocycles. The highest BCUT2D eigenvalue weighted by atomic mass is 32.2. The average Bonchev–Trinajstić information content (AvgIpc) is 3.50. The predicted molar refractivity (Wildman–Crippen MR) is 158 cm³/mol. The number of rotatable bonds is 25. The minimum Gasteiger partial charge on any atom is -0.447 e. The molecule has 2 fully saturated rings. The van der Waals surface area contributed by atoms with E-state index >= 15 is 0 Å². The van der Waals surface area contributed by atoms with Gasteiger partial charge in [-0.1, -0.05) is 6.42 Å². The van der Waals surface area contributed by atoms with E-state index in [4.69, 9.17) is 18.9 Å². The third-order valence-corrected chi connectivity index (χ3v) is 9.42. The summed E-state index contributed by atoms with van der Waals surface area (Å²) < 4.78 is 49.9. The summed E-state index contributed by atoms with van der Waals surface area (Å²) >= 11 is 1.89. The van der Waals surface area contributed by atoms with Gasteiger partial charge in [-0.3, -0.25) is 9.36 Å². The fraction of sp³-hybridized carbons (Fsp3) is 0.885. The molecule has 0 radical (unpaired) electrons. The van der Waals surface area contributed by atoms with Crippen molar-refractivity contribution in [3.8, 4) is 0 Å². The molecule has 13 nitrogen and oxygen atoms in total. The zero-order chi connectivity index (χ0) is 30.5. The van der Waals surface area contributed by atoms with Crippen molar-refractivity contribution in [2.24, 2.45) is 0 Å². The van der Waals surface area contributed by atoms with Crippen LogP contribution in [0, 0.1) is 0 Å². The molecule has 42 heavy (non-hydrogen) atoms. The number of unbranched alkanes of at least 4 members (excludes halogenated alkanes) is 3. The van der Waals surface area contributed by atoms with Crippen LogP contribution >= 0.6 is 19.4 Å². The van der Waals surface area contributed by atoms with Crippen LogP contribution in [0.1, 0.15) is 51.9 Å². The van der Waals surface area contributed by atoms with Gasteiger partial charge in [-0.05, 0) is 39.0 Å². The first-order valence-electron chi connectivity index (χ1n) is 14.8. The largest absolute Gasteiger partial charge is 0.447 e. The molecule has 0 aromatic carbocycles. The number of fused-ring (bicyclic) bond motifs is 1. The summed E-state index contributed by atoms with van der Waals surface area (Å²) in [5, 5.41) is 12.0. The zero-order valence-electron chi connectivity index (χ0n) is 24.6. The first kappa shape index (κ1) is 36.6. The standard InChI is InChI=1S/C26H48FN4O9PS/c1-2-40-41(27,35)19-18-38-15-14-36-12-13-37-16-17-39-26(34)29-11-7-3-6-10-28-23(32)9-5-4-8-22-24-21(20-42-22)30-25(33)31-24/h21-22,24H,2-20H2,1H3,(H,28,32)(H,29,34)(H2,30,31,33). The van der Waals surface area contributed by atoms with Crippen LogP contribution in [-0.2, 0) is 32.8 Å². The number of amides is 4. The topological polar surface area (TPSA) is 163 Å². The maximum atomic E-state index is 13.3. The number of carbonyl (C=O) groups excluding carboxylic acids is 3. The molecule has 2 saturated heterocycles. The number of hydrogen-bond donors (Lipinski definition) is 4. The Bertz CT molecular complexity index is 848. The minimum atomic E-state index is -4.05. The summed E-state index contributed by atoms with van der Waals surface area (Å²) in [6.07, 6.45) is 5.05. The maximum Gasteiger partial charge on any atom is 0.407 e. The van der Waals surface area contributed by atoms with E-state index < -0.39 is 13.8 Å². The lowest BCUT2D eigenvalue weighted by Gasteiger charge is -2.16. The molecule has 4 amide bonds. The number of hydrogen-bond acceptors (Lipinski definition) is 10. The molecular formula is C26H48FN4O9PS. The monoisotopic (exact) mass is 642 g/mol. The number of urea groups is 1. The fourth-order valence-corrected chi connectivity index (χ4v) is 6.83. The van der Waals surface area contributed by atoms with Crippen LogP contribution in [0.2, 0.25) is 0 Å². The summed E-state index contributed by atoms with van der Waals surface area (Å²) in [6.45, 7) is 4.30. The quantitative estimate of drug-likeness (QED) is 0.0662. The minimum absolute atomic E-state index is 0.00394. The SMILES string of the molecule is CCOP(=O)(F)CCOCCOCCOCCOC(=O)NCCCCCNC(=O)CCCCC1SCC2NC(=O)NC21. The summed E-state index contributed by atoms with van der Waals surface area (Å²) in [5.41, 5.74) is 0. The highest BCUT2D eigenvalue weighted by Gasteiger charge is 2.42. The van der Waals surface area contributed by atoms with Crippen molar-refractivity contribution in [3.05, 3.63) is 0 Å². The molecule has 4 atom stereocenters. The third kappa shape index (κ3) is 16.9. The number of carbonyl (C=O) groups is 3. The Morgan fingerprint density at radius 1 is 0.929 bits per heavy atom. The van der Waals surface area contributed by atoms with Crippen LogP contribution in [0.25, 0.3) is 0 Å². The molecule has 16 heteroatoms. The Morgan fingerprint density at radius 2 is 1.60 bits per heavy atom. The molecule has 2 aliphatic rings. The van der Waals surface area contributed by atoms with Gasteiger partial charge in [0, 0.05) is 30.5 Å². The van der Waals surface area contributed by atoms with E-state index in [2.05, 4.69) is 25.8 Å². The lowest BCUT2D eigenvalue weighted by molar-refractivity contribution is -0.121. The van der Waals surface area contributed by atoms with Crippen LogP contribution in [0.4, 0.5) is 13.8 Å². The van der Waals surface area contributed by atoms with Crippen molar-refractivity contribution in [2.45, 2.75) is 69.2 Å². The smallest absolute Gasteiger partial charge is 0.407 e. The summed E-state index contributed by atoms with van der Waals surface area (Å²) in [6, 6.07) is 0.381. The maximum absolute atomic E-state index is 13.3. The van der Waals surface area contributed by atoms with Gasteiger partial charge in [0.05, 0.1) is 64.5 Å². The van der Waals surface area contributed by atoms with Gasteiger partial charge < -0.3 is 44.7 Å². The predicted octanol–water partition coefficient (Wildman–Crippen LogP) is 2.97. The van der Waals surface area contributed by atoms with Gasteiger partial charge in [0.15, 0.2) is 0 Å². The molecule has 0 spiro atoms. The Labute approximate surface area is 252 Å². The fourth-order valence-electron chi connectivity index (χ4n) is 4.42. The summed E-state index contributed by atoms with van der Waals surface area (Å²) in [5.74, 6) is 1.01. The molecule has 0 aromatic heterocycles. The van der Waals surface area contributed by atoms with Crippen molar-refractivity contribution in [1.82, 2.24) is 21.3 Å². The van der Waals surface area contributed by atoms with E-state index in [9.17, 15) is 23.1 Å². The molecule has 2 rings (SSSR count). The van der Waals surface area contributed by atoms with Gasteiger partial charge in [-0.2, -0.15) is 16.0 Å². The van der Waals surface area contributed by atoms with Crippen molar-refractivity contribution >= 4 is 37.5 Å². The van der Waals surface area contributed by atoms with Gasteiger partial charge >= 0.3 is 19.8 Å². The Morgan fingerprint density at radius 3 is 2.31 bits per heavy atom. The lowest BCUT2D eigenvalue weighted by Crippen LogP contribution is -2.36. The van der Waals surface area contributed by atoms with E-state index in [1.165, 1.54) is 0 Å². The Balaban J connectivity index is 1.27. The second-order valence-corrected chi connectivity index (χ2v) is 13.1. The molecule has 0 aliphatic carbocycles. The molecule has 244 valence electrons. The van der Waals surface area contributed by atoms with Crippen LogP contribution in [0.3, 0.4) is 0 Å². The summed E-state index contributed by atoms with van der Waals surface area (Å²) in [4.78, 5) is 35.2. The third-order valence-electron chi connectivity index (χ3n) is 6.56. The van der Waals surface area contributed by atoms with Gasteiger partial charge in [0.1, 0.15) is 6.61 Å². The van der Waals surface area contributed by atoms with Crippen LogP contribution < -0.4 is 21.3 Å². The number of alkyl carbamates (subject to hydrolysis) is 1. The first-order chi connectivity index (χ1) is 20.3.